The second-order valence-corrected chi connectivity index (χ2v) is 6.22. The van der Waals surface area contributed by atoms with Crippen LogP contribution in [-0.2, 0) is 6.42 Å². The molecule has 0 aliphatic carbocycles. The summed E-state index contributed by atoms with van der Waals surface area (Å²) in [6, 6.07) is 7.09. The van der Waals surface area contributed by atoms with Crippen LogP contribution in [0.25, 0.3) is 0 Å². The fourth-order valence-corrected chi connectivity index (χ4v) is 3.27. The smallest absolute Gasteiger partial charge is 0.0772 e. The highest BCUT2D eigenvalue weighted by Crippen LogP contribution is 2.24. The van der Waals surface area contributed by atoms with Gasteiger partial charge in [0.2, 0.25) is 0 Å². The monoisotopic (exact) mass is 289 g/mol. The summed E-state index contributed by atoms with van der Waals surface area (Å²) < 4.78 is 4.08. The second-order valence-electron chi connectivity index (χ2n) is 5.43. The molecule has 2 aromatic rings. The van der Waals surface area contributed by atoms with E-state index in [4.69, 9.17) is 0 Å². The number of nitrogens with one attached hydrogen (secondary N) is 1. The van der Waals surface area contributed by atoms with Gasteiger partial charge in [0.05, 0.1) is 10.6 Å². The minimum absolute atomic E-state index is 0.316. The molecule has 1 atom stereocenters. The molecule has 3 nitrogen and oxygen atoms in total. The maximum atomic E-state index is 4.15. The number of nitrogens with zero attached hydrogens (tertiary/aromatic N) is 2. The van der Waals surface area contributed by atoms with Gasteiger partial charge in [0, 0.05) is 6.04 Å². The third kappa shape index (κ3) is 3.87. The Labute approximate surface area is 125 Å². The fourth-order valence-electron chi connectivity index (χ4n) is 2.56. The molecular weight excluding hydrogens is 266 g/mol. The molecule has 0 bridgehead atoms. The zero-order valence-electron chi connectivity index (χ0n) is 12.7. The van der Waals surface area contributed by atoms with E-state index in [1.807, 2.05) is 6.92 Å². The lowest BCUT2D eigenvalue weighted by Gasteiger charge is -2.18. The van der Waals surface area contributed by atoms with Crippen LogP contribution in [0.5, 0.6) is 0 Å². The highest BCUT2D eigenvalue weighted by molar-refractivity contribution is 7.05. The molecule has 0 saturated heterocycles. The van der Waals surface area contributed by atoms with E-state index < -0.39 is 0 Å². The van der Waals surface area contributed by atoms with Crippen LogP contribution < -0.4 is 5.32 Å². The average Bonchev–Trinajstić information content (AvgIpc) is 2.79. The molecule has 2 rings (SSSR count). The summed E-state index contributed by atoms with van der Waals surface area (Å²) in [5.74, 6) is 0. The van der Waals surface area contributed by atoms with Crippen LogP contribution in [0.3, 0.4) is 0 Å². The van der Waals surface area contributed by atoms with Crippen molar-refractivity contribution in [2.24, 2.45) is 0 Å². The van der Waals surface area contributed by atoms with E-state index in [1.165, 1.54) is 33.1 Å². The molecule has 108 valence electrons. The van der Waals surface area contributed by atoms with Crippen molar-refractivity contribution in [2.75, 3.05) is 6.54 Å². The van der Waals surface area contributed by atoms with Gasteiger partial charge in [-0.05, 0) is 57.3 Å². The third-order valence-electron chi connectivity index (χ3n) is 3.37. The molecule has 0 spiro atoms. The molecule has 1 unspecified atom stereocenters. The summed E-state index contributed by atoms with van der Waals surface area (Å²) in [6.07, 6.45) is 2.13. The van der Waals surface area contributed by atoms with Crippen molar-refractivity contribution in [3.05, 3.63) is 45.5 Å². The van der Waals surface area contributed by atoms with Gasteiger partial charge in [-0.3, -0.25) is 0 Å². The minimum atomic E-state index is 0.316. The Morgan fingerprint density at radius 1 is 1.15 bits per heavy atom. The van der Waals surface area contributed by atoms with Crippen LogP contribution in [0.15, 0.2) is 18.2 Å². The molecule has 1 heterocycles. The fraction of sp³-hybridized carbons (Fsp3) is 0.500. The van der Waals surface area contributed by atoms with E-state index in [0.29, 0.717) is 6.04 Å². The molecule has 20 heavy (non-hydrogen) atoms. The van der Waals surface area contributed by atoms with E-state index in [2.05, 4.69) is 53.9 Å². The summed E-state index contributed by atoms with van der Waals surface area (Å²) in [6.45, 7) is 9.57. The van der Waals surface area contributed by atoms with Gasteiger partial charge in [0.15, 0.2) is 0 Å². The Balaban J connectivity index is 2.21. The SMILES string of the molecule is CCCNC(Cc1cc(C)cc(C)c1)c1snnc1C. The first kappa shape index (κ1) is 15.1. The Hall–Kier alpha value is -1.26. The van der Waals surface area contributed by atoms with Crippen LogP contribution in [-0.4, -0.2) is 16.1 Å². The molecule has 0 saturated carbocycles. The first-order valence-electron chi connectivity index (χ1n) is 7.19. The summed E-state index contributed by atoms with van der Waals surface area (Å²) in [5.41, 5.74) is 5.08. The summed E-state index contributed by atoms with van der Waals surface area (Å²) >= 11 is 1.51. The molecule has 0 radical (unpaired) electrons. The van der Waals surface area contributed by atoms with Gasteiger partial charge < -0.3 is 5.32 Å². The van der Waals surface area contributed by atoms with Gasteiger partial charge in [-0.25, -0.2) is 0 Å². The highest BCUT2D eigenvalue weighted by Gasteiger charge is 2.17. The number of hydrogen-bond donors (Lipinski definition) is 1. The molecular formula is C16H23N3S. The number of benzene rings is 1. The average molecular weight is 289 g/mol. The first-order chi connectivity index (χ1) is 9.60. The van der Waals surface area contributed by atoms with E-state index in [9.17, 15) is 0 Å². The maximum absolute atomic E-state index is 4.15. The lowest BCUT2D eigenvalue weighted by atomic mass is 9.99. The molecule has 0 aliphatic rings. The van der Waals surface area contributed by atoms with Crippen molar-refractivity contribution in [1.29, 1.82) is 0 Å². The van der Waals surface area contributed by atoms with E-state index in [1.54, 1.807) is 0 Å². The molecule has 1 aromatic heterocycles. The first-order valence-corrected chi connectivity index (χ1v) is 7.97. The van der Waals surface area contributed by atoms with E-state index >= 15 is 0 Å². The standard InChI is InChI=1S/C16H23N3S/c1-5-6-17-15(16-13(4)18-19-20-16)10-14-8-11(2)7-12(3)9-14/h7-9,15,17H,5-6,10H2,1-4H3. The Morgan fingerprint density at radius 3 is 2.40 bits per heavy atom. The van der Waals surface area contributed by atoms with Gasteiger partial charge in [0.1, 0.15) is 0 Å². The molecule has 1 N–H and O–H groups in total. The number of rotatable bonds is 6. The number of aromatic nitrogens is 2. The lowest BCUT2D eigenvalue weighted by Crippen LogP contribution is -2.24. The number of hydrogen-bond acceptors (Lipinski definition) is 4. The molecule has 0 amide bonds. The summed E-state index contributed by atoms with van der Waals surface area (Å²) in [4.78, 5) is 1.26. The van der Waals surface area contributed by atoms with Crippen molar-refractivity contribution in [3.8, 4) is 0 Å². The topological polar surface area (TPSA) is 37.8 Å². The molecule has 0 aliphatic heterocycles. The molecule has 4 heteroatoms. The largest absolute Gasteiger partial charge is 0.309 e. The van der Waals surface area contributed by atoms with Gasteiger partial charge in [-0.2, -0.15) is 0 Å². The van der Waals surface area contributed by atoms with Crippen LogP contribution in [0.4, 0.5) is 0 Å². The van der Waals surface area contributed by atoms with Crippen LogP contribution in [0, 0.1) is 20.8 Å². The Kier molecular flexibility index (Phi) is 5.26. The van der Waals surface area contributed by atoms with E-state index in [0.717, 1.165) is 25.1 Å². The maximum Gasteiger partial charge on any atom is 0.0772 e. The lowest BCUT2D eigenvalue weighted by molar-refractivity contribution is 0.533. The number of aryl methyl sites for hydroxylation is 3. The van der Waals surface area contributed by atoms with Crippen LogP contribution in [0.1, 0.15) is 46.6 Å². The second kappa shape index (κ2) is 6.95. The Morgan fingerprint density at radius 2 is 1.85 bits per heavy atom. The van der Waals surface area contributed by atoms with Crippen molar-refractivity contribution >= 4 is 11.5 Å². The van der Waals surface area contributed by atoms with Gasteiger partial charge in [0.25, 0.3) is 0 Å². The highest BCUT2D eigenvalue weighted by atomic mass is 32.1. The molecule has 1 aromatic carbocycles. The van der Waals surface area contributed by atoms with Gasteiger partial charge in [-0.1, -0.05) is 40.7 Å². The third-order valence-corrected chi connectivity index (χ3v) is 4.31. The quantitative estimate of drug-likeness (QED) is 0.880. The van der Waals surface area contributed by atoms with Crippen molar-refractivity contribution in [1.82, 2.24) is 14.9 Å². The summed E-state index contributed by atoms with van der Waals surface area (Å²) in [5, 5.41) is 7.78. The predicted molar refractivity (Wildman–Crippen MR) is 85.3 cm³/mol. The van der Waals surface area contributed by atoms with Crippen LogP contribution >= 0.6 is 11.5 Å². The zero-order valence-corrected chi connectivity index (χ0v) is 13.5. The zero-order chi connectivity index (χ0) is 14.5. The van der Waals surface area contributed by atoms with Crippen LogP contribution in [0.2, 0.25) is 0 Å². The summed E-state index contributed by atoms with van der Waals surface area (Å²) in [7, 11) is 0. The normalized spacial score (nSPS) is 12.6. The van der Waals surface area contributed by atoms with Crippen molar-refractivity contribution in [2.45, 2.75) is 46.6 Å². The van der Waals surface area contributed by atoms with E-state index in [-0.39, 0.29) is 0 Å². The van der Waals surface area contributed by atoms with Gasteiger partial charge in [-0.15, -0.1) is 5.10 Å². The van der Waals surface area contributed by atoms with Crippen molar-refractivity contribution < 1.29 is 0 Å². The Bertz CT molecular complexity index is 542. The predicted octanol–water partition coefficient (Wildman–Crippen LogP) is 3.75. The minimum Gasteiger partial charge on any atom is -0.309 e. The molecule has 0 fully saturated rings. The van der Waals surface area contributed by atoms with Gasteiger partial charge >= 0.3 is 0 Å². The van der Waals surface area contributed by atoms with Crippen molar-refractivity contribution in [3.63, 3.8) is 0 Å².